The van der Waals surface area contributed by atoms with Gasteiger partial charge in [-0.15, -0.1) is 0 Å². The largest absolute Gasteiger partial charge is 0.496 e. The molecule has 0 saturated carbocycles. The minimum Gasteiger partial charge on any atom is -0.496 e. The molecular weight excluding hydrogens is 584 g/mol. The van der Waals surface area contributed by atoms with Gasteiger partial charge in [0.05, 0.1) is 30.7 Å². The second-order valence-corrected chi connectivity index (χ2v) is 13.6. The molecule has 1 amide bonds. The quantitative estimate of drug-likeness (QED) is 0.262. The summed E-state index contributed by atoms with van der Waals surface area (Å²) in [6, 6.07) is 29.6. The van der Waals surface area contributed by atoms with E-state index in [4.69, 9.17) is 4.74 Å². The van der Waals surface area contributed by atoms with Crippen molar-refractivity contribution in [2.45, 2.75) is 30.8 Å². The van der Waals surface area contributed by atoms with Crippen molar-refractivity contribution in [1.82, 2.24) is 9.80 Å². The summed E-state index contributed by atoms with van der Waals surface area (Å²) in [7, 11) is 0.0415. The lowest BCUT2D eigenvalue weighted by Gasteiger charge is -2.38. The highest BCUT2D eigenvalue weighted by molar-refractivity contribution is 7.92. The van der Waals surface area contributed by atoms with Gasteiger partial charge in [-0.2, -0.15) is 0 Å². The zero-order chi connectivity index (χ0) is 31.4. The summed E-state index contributed by atoms with van der Waals surface area (Å²) < 4.78 is 34.7. The van der Waals surface area contributed by atoms with Crippen LogP contribution in [0.5, 0.6) is 5.75 Å². The van der Waals surface area contributed by atoms with Gasteiger partial charge < -0.3 is 19.4 Å². The molecule has 1 saturated heterocycles. The Hall–Kier alpha value is -4.34. The molecule has 0 unspecified atom stereocenters. The van der Waals surface area contributed by atoms with E-state index in [1.54, 1.807) is 49.6 Å². The van der Waals surface area contributed by atoms with Gasteiger partial charge in [-0.05, 0) is 61.0 Å². The Morgan fingerprint density at radius 3 is 2.11 bits per heavy atom. The molecule has 0 atom stereocenters. The summed E-state index contributed by atoms with van der Waals surface area (Å²) in [4.78, 5) is 20.6. The standard InChI is InChI=1S/C36H40N4O4S/c1-37-21-23-38(24-22-37)34-17-18-35(44-2)32-19-20-39(27-33(32)34)36(41)25-28-13-15-30(16-14-28)40(26-29-9-5-3-6-10-29)45(42,43)31-11-7-4-8-12-31/h3-18H,19-27H2,1-2H3. The van der Waals surface area contributed by atoms with E-state index in [9.17, 15) is 13.2 Å². The van der Waals surface area contributed by atoms with Gasteiger partial charge in [0.25, 0.3) is 10.0 Å². The van der Waals surface area contributed by atoms with Crippen LogP contribution in [0.1, 0.15) is 22.3 Å². The molecule has 4 aromatic carbocycles. The lowest BCUT2D eigenvalue weighted by Crippen LogP contribution is -2.45. The minimum absolute atomic E-state index is 0.0543. The summed E-state index contributed by atoms with van der Waals surface area (Å²) >= 11 is 0. The maximum Gasteiger partial charge on any atom is 0.264 e. The number of ether oxygens (including phenoxy) is 1. The summed E-state index contributed by atoms with van der Waals surface area (Å²) in [6.45, 7) is 5.30. The van der Waals surface area contributed by atoms with Gasteiger partial charge in [0.2, 0.25) is 5.91 Å². The molecule has 0 aliphatic carbocycles. The first-order chi connectivity index (χ1) is 21.8. The summed E-state index contributed by atoms with van der Waals surface area (Å²) in [5.41, 5.74) is 5.84. The average Bonchev–Trinajstić information content (AvgIpc) is 3.08. The monoisotopic (exact) mass is 624 g/mol. The molecule has 0 radical (unpaired) electrons. The Labute approximate surface area is 266 Å². The summed E-state index contributed by atoms with van der Waals surface area (Å²) in [6.07, 6.45) is 0.990. The highest BCUT2D eigenvalue weighted by Gasteiger charge is 2.29. The predicted octanol–water partition coefficient (Wildman–Crippen LogP) is 4.97. The van der Waals surface area contributed by atoms with Gasteiger partial charge in [-0.1, -0.05) is 60.7 Å². The fourth-order valence-corrected chi connectivity index (χ4v) is 7.70. The van der Waals surface area contributed by atoms with Gasteiger partial charge in [0.15, 0.2) is 0 Å². The third kappa shape index (κ3) is 6.70. The van der Waals surface area contributed by atoms with Gasteiger partial charge >= 0.3 is 0 Å². The Kier molecular flexibility index (Phi) is 9.09. The first-order valence-corrected chi connectivity index (χ1v) is 16.9. The Bertz CT molecular complexity index is 1720. The number of benzene rings is 4. The SMILES string of the molecule is COc1ccc(N2CCN(C)CC2)c2c1CCN(C(=O)Cc1ccc(N(Cc3ccccc3)S(=O)(=O)c3ccccc3)cc1)C2. The van der Waals surface area contributed by atoms with E-state index in [0.29, 0.717) is 18.8 Å². The Balaban J connectivity index is 1.20. The molecule has 2 aliphatic heterocycles. The van der Waals surface area contributed by atoms with Gasteiger partial charge in [-0.25, -0.2) is 8.42 Å². The fourth-order valence-electron chi connectivity index (χ4n) is 6.22. The second kappa shape index (κ2) is 13.3. The zero-order valence-electron chi connectivity index (χ0n) is 25.9. The second-order valence-electron chi connectivity index (χ2n) is 11.8. The molecule has 2 heterocycles. The molecule has 45 heavy (non-hydrogen) atoms. The van der Waals surface area contributed by atoms with Crippen LogP contribution in [-0.2, 0) is 40.7 Å². The lowest BCUT2D eigenvalue weighted by atomic mass is 9.95. The number of likely N-dealkylation sites (N-methyl/N-ethyl adjacent to an activating group) is 1. The third-order valence-corrected chi connectivity index (χ3v) is 10.6. The maximum absolute atomic E-state index is 13.8. The number of sulfonamides is 1. The molecule has 2 aliphatic rings. The number of rotatable bonds is 9. The van der Waals surface area contributed by atoms with Crippen molar-refractivity contribution >= 4 is 27.3 Å². The fraction of sp³-hybridized carbons (Fsp3) is 0.306. The molecule has 8 nitrogen and oxygen atoms in total. The molecule has 0 aromatic heterocycles. The van der Waals surface area contributed by atoms with E-state index in [1.807, 2.05) is 47.4 Å². The first-order valence-electron chi connectivity index (χ1n) is 15.4. The van der Waals surface area contributed by atoms with Crippen LogP contribution in [-0.4, -0.2) is 71.0 Å². The van der Waals surface area contributed by atoms with Crippen molar-refractivity contribution in [3.8, 4) is 5.75 Å². The summed E-state index contributed by atoms with van der Waals surface area (Å²) in [5.74, 6) is 0.940. The van der Waals surface area contributed by atoms with Crippen LogP contribution < -0.4 is 13.9 Å². The van der Waals surface area contributed by atoms with Crippen LogP contribution >= 0.6 is 0 Å². The number of hydrogen-bond donors (Lipinski definition) is 0. The van der Waals surface area contributed by atoms with Crippen molar-refractivity contribution in [2.75, 3.05) is 56.1 Å². The number of nitrogens with zero attached hydrogens (tertiary/aromatic N) is 4. The zero-order valence-corrected chi connectivity index (χ0v) is 26.7. The molecule has 0 spiro atoms. The van der Waals surface area contributed by atoms with E-state index < -0.39 is 10.0 Å². The number of methoxy groups -OCH3 is 1. The smallest absolute Gasteiger partial charge is 0.264 e. The van der Waals surface area contributed by atoms with Crippen molar-refractivity contribution in [2.24, 2.45) is 0 Å². The molecular formula is C36H40N4O4S. The van der Waals surface area contributed by atoms with Crippen molar-refractivity contribution in [1.29, 1.82) is 0 Å². The van der Waals surface area contributed by atoms with Crippen LogP contribution in [0.25, 0.3) is 0 Å². The normalized spacial score (nSPS) is 15.4. The first kappa shape index (κ1) is 30.7. The van der Waals surface area contributed by atoms with Gasteiger partial charge in [0, 0.05) is 56.1 Å². The van der Waals surface area contributed by atoms with Crippen LogP contribution in [0.4, 0.5) is 11.4 Å². The number of carbonyl (C=O) groups excluding carboxylic acids is 1. The van der Waals surface area contributed by atoms with Gasteiger partial charge in [-0.3, -0.25) is 9.10 Å². The summed E-state index contributed by atoms with van der Waals surface area (Å²) in [5, 5.41) is 0. The highest BCUT2D eigenvalue weighted by Crippen LogP contribution is 2.36. The molecule has 4 aromatic rings. The van der Waals surface area contributed by atoms with E-state index >= 15 is 0 Å². The van der Waals surface area contributed by atoms with E-state index in [1.165, 1.54) is 21.1 Å². The number of fused-ring (bicyclic) bond motifs is 1. The molecule has 6 rings (SSSR count). The maximum atomic E-state index is 13.8. The number of amides is 1. The average molecular weight is 625 g/mol. The number of carbonyl (C=O) groups is 1. The number of anilines is 2. The van der Waals surface area contributed by atoms with Crippen molar-refractivity contribution in [3.05, 3.63) is 119 Å². The van der Waals surface area contributed by atoms with Crippen LogP contribution in [0.15, 0.2) is 102 Å². The molecule has 9 heteroatoms. The third-order valence-electron chi connectivity index (χ3n) is 8.84. The Morgan fingerprint density at radius 1 is 0.778 bits per heavy atom. The molecule has 1 fully saturated rings. The number of piperazine rings is 1. The van der Waals surface area contributed by atoms with Crippen LogP contribution in [0.3, 0.4) is 0 Å². The van der Waals surface area contributed by atoms with E-state index in [-0.39, 0.29) is 23.8 Å². The van der Waals surface area contributed by atoms with Crippen molar-refractivity contribution in [3.63, 3.8) is 0 Å². The van der Waals surface area contributed by atoms with E-state index in [0.717, 1.165) is 49.5 Å². The predicted molar refractivity (Wildman–Crippen MR) is 178 cm³/mol. The van der Waals surface area contributed by atoms with Crippen LogP contribution in [0, 0.1) is 0 Å². The van der Waals surface area contributed by atoms with Crippen LogP contribution in [0.2, 0.25) is 0 Å². The number of hydrogen-bond acceptors (Lipinski definition) is 6. The van der Waals surface area contributed by atoms with Crippen molar-refractivity contribution < 1.29 is 17.9 Å². The Morgan fingerprint density at radius 2 is 1.44 bits per heavy atom. The topological polar surface area (TPSA) is 73.4 Å². The van der Waals surface area contributed by atoms with E-state index in [2.05, 4.69) is 29.0 Å². The molecule has 0 N–H and O–H groups in total. The highest BCUT2D eigenvalue weighted by atomic mass is 32.2. The van der Waals surface area contributed by atoms with Gasteiger partial charge in [0.1, 0.15) is 5.75 Å². The molecule has 0 bridgehead atoms. The molecule has 234 valence electrons. The lowest BCUT2D eigenvalue weighted by molar-refractivity contribution is -0.131. The minimum atomic E-state index is -3.81.